The molecule has 0 amide bonds. The van der Waals surface area contributed by atoms with E-state index in [9.17, 15) is 0 Å². The molecular weight excluding hydrogens is 288 g/mol. The van der Waals surface area contributed by atoms with E-state index in [0.29, 0.717) is 6.54 Å². The lowest BCUT2D eigenvalue weighted by atomic mass is 10.1. The number of nitrogens with two attached hydrogens (primary N) is 1. The fraction of sp³-hybridized carbons (Fsp3) is 0.200. The van der Waals surface area contributed by atoms with Gasteiger partial charge in [0.25, 0.3) is 0 Å². The molecule has 0 aliphatic carbocycles. The van der Waals surface area contributed by atoms with Crippen LogP contribution in [0.15, 0.2) is 46.9 Å². The highest BCUT2D eigenvalue weighted by atomic mass is 79.9. The summed E-state index contributed by atoms with van der Waals surface area (Å²) in [5.74, 6) is 0. The van der Waals surface area contributed by atoms with Crippen LogP contribution in [0.3, 0.4) is 0 Å². The van der Waals surface area contributed by atoms with Crippen molar-refractivity contribution in [1.82, 2.24) is 0 Å². The summed E-state index contributed by atoms with van der Waals surface area (Å²) in [5.41, 5.74) is 10.4. The van der Waals surface area contributed by atoms with E-state index in [1.807, 2.05) is 12.1 Å². The third-order valence-electron chi connectivity index (χ3n) is 2.88. The Kier molecular flexibility index (Phi) is 4.39. The molecule has 0 saturated heterocycles. The van der Waals surface area contributed by atoms with Crippen LogP contribution in [-0.2, 0) is 13.1 Å². The number of anilines is 1. The van der Waals surface area contributed by atoms with Gasteiger partial charge in [0.2, 0.25) is 0 Å². The van der Waals surface area contributed by atoms with E-state index < -0.39 is 0 Å². The minimum atomic E-state index is 0.589. The molecule has 0 aliphatic heterocycles. The van der Waals surface area contributed by atoms with Crippen molar-refractivity contribution in [2.75, 3.05) is 5.32 Å². The molecule has 0 heterocycles. The Morgan fingerprint density at radius 2 is 1.89 bits per heavy atom. The van der Waals surface area contributed by atoms with E-state index in [1.54, 1.807) is 0 Å². The third kappa shape index (κ3) is 3.34. The smallest absolute Gasteiger partial charge is 0.0400 e. The van der Waals surface area contributed by atoms with Crippen molar-refractivity contribution >= 4 is 21.6 Å². The fourth-order valence-electron chi connectivity index (χ4n) is 1.83. The summed E-state index contributed by atoms with van der Waals surface area (Å²) >= 11 is 3.50. The maximum Gasteiger partial charge on any atom is 0.0400 e. The van der Waals surface area contributed by atoms with E-state index in [4.69, 9.17) is 5.73 Å². The SMILES string of the molecule is Cc1cc(NCc2cccc(CN)c2)ccc1Br. The van der Waals surface area contributed by atoms with Crippen molar-refractivity contribution < 1.29 is 0 Å². The maximum atomic E-state index is 5.64. The summed E-state index contributed by atoms with van der Waals surface area (Å²) in [6.07, 6.45) is 0. The van der Waals surface area contributed by atoms with Crippen molar-refractivity contribution in [1.29, 1.82) is 0 Å². The lowest BCUT2D eigenvalue weighted by molar-refractivity contribution is 1.05. The van der Waals surface area contributed by atoms with Gasteiger partial charge in [-0.15, -0.1) is 0 Å². The Labute approximate surface area is 116 Å². The van der Waals surface area contributed by atoms with Crippen LogP contribution in [0.25, 0.3) is 0 Å². The monoisotopic (exact) mass is 304 g/mol. The highest BCUT2D eigenvalue weighted by molar-refractivity contribution is 9.10. The van der Waals surface area contributed by atoms with Crippen LogP contribution in [0.2, 0.25) is 0 Å². The Morgan fingerprint density at radius 1 is 1.11 bits per heavy atom. The van der Waals surface area contributed by atoms with Crippen LogP contribution in [0.4, 0.5) is 5.69 Å². The van der Waals surface area contributed by atoms with E-state index in [1.165, 1.54) is 16.7 Å². The molecule has 2 aromatic rings. The van der Waals surface area contributed by atoms with Gasteiger partial charge in [0, 0.05) is 23.2 Å². The van der Waals surface area contributed by atoms with Crippen molar-refractivity contribution in [2.24, 2.45) is 5.73 Å². The first-order valence-corrected chi connectivity index (χ1v) is 6.76. The van der Waals surface area contributed by atoms with Gasteiger partial charge in [-0.25, -0.2) is 0 Å². The summed E-state index contributed by atoms with van der Waals surface area (Å²) in [6.45, 7) is 3.49. The van der Waals surface area contributed by atoms with Crippen molar-refractivity contribution in [3.63, 3.8) is 0 Å². The molecule has 0 radical (unpaired) electrons. The van der Waals surface area contributed by atoms with Crippen LogP contribution in [-0.4, -0.2) is 0 Å². The zero-order valence-corrected chi connectivity index (χ0v) is 12.0. The minimum Gasteiger partial charge on any atom is -0.381 e. The van der Waals surface area contributed by atoms with Gasteiger partial charge in [-0.2, -0.15) is 0 Å². The predicted molar refractivity (Wildman–Crippen MR) is 80.5 cm³/mol. The molecule has 18 heavy (non-hydrogen) atoms. The number of aryl methyl sites for hydroxylation is 1. The van der Waals surface area contributed by atoms with Gasteiger partial charge in [0.05, 0.1) is 0 Å². The van der Waals surface area contributed by atoms with Gasteiger partial charge in [0.15, 0.2) is 0 Å². The van der Waals surface area contributed by atoms with Crippen molar-refractivity contribution in [2.45, 2.75) is 20.0 Å². The number of hydrogen-bond acceptors (Lipinski definition) is 2. The van der Waals surface area contributed by atoms with Gasteiger partial charge in [-0.1, -0.05) is 40.2 Å². The van der Waals surface area contributed by atoms with Crippen LogP contribution in [0.1, 0.15) is 16.7 Å². The number of benzene rings is 2. The molecule has 0 saturated carbocycles. The van der Waals surface area contributed by atoms with Crippen molar-refractivity contribution in [3.8, 4) is 0 Å². The molecule has 0 unspecified atom stereocenters. The first kappa shape index (κ1) is 13.1. The average molecular weight is 305 g/mol. The van der Waals surface area contributed by atoms with E-state index in [0.717, 1.165) is 16.7 Å². The number of nitrogens with one attached hydrogen (secondary N) is 1. The number of rotatable bonds is 4. The summed E-state index contributed by atoms with van der Waals surface area (Å²) in [6, 6.07) is 14.6. The van der Waals surface area contributed by atoms with Crippen LogP contribution in [0.5, 0.6) is 0 Å². The van der Waals surface area contributed by atoms with E-state index in [2.05, 4.69) is 58.5 Å². The molecule has 2 aromatic carbocycles. The number of halogens is 1. The molecule has 3 heteroatoms. The molecule has 0 fully saturated rings. The Hall–Kier alpha value is -1.32. The summed E-state index contributed by atoms with van der Waals surface area (Å²) in [7, 11) is 0. The summed E-state index contributed by atoms with van der Waals surface area (Å²) in [4.78, 5) is 0. The van der Waals surface area contributed by atoms with Gasteiger partial charge in [0.1, 0.15) is 0 Å². The lowest BCUT2D eigenvalue weighted by Gasteiger charge is -2.09. The molecule has 0 spiro atoms. The lowest BCUT2D eigenvalue weighted by Crippen LogP contribution is -2.02. The molecule has 3 N–H and O–H groups in total. The largest absolute Gasteiger partial charge is 0.381 e. The highest BCUT2D eigenvalue weighted by Crippen LogP contribution is 2.20. The van der Waals surface area contributed by atoms with Crippen molar-refractivity contribution in [3.05, 3.63) is 63.6 Å². The molecule has 94 valence electrons. The van der Waals surface area contributed by atoms with Crippen LogP contribution >= 0.6 is 15.9 Å². The van der Waals surface area contributed by atoms with Gasteiger partial charge >= 0.3 is 0 Å². The predicted octanol–water partition coefficient (Wildman–Crippen LogP) is 3.83. The zero-order chi connectivity index (χ0) is 13.0. The second-order valence-corrected chi connectivity index (χ2v) is 5.20. The first-order valence-electron chi connectivity index (χ1n) is 5.97. The zero-order valence-electron chi connectivity index (χ0n) is 10.4. The summed E-state index contributed by atoms with van der Waals surface area (Å²) in [5, 5.41) is 3.42. The Balaban J connectivity index is 2.04. The summed E-state index contributed by atoms with van der Waals surface area (Å²) < 4.78 is 1.14. The molecule has 0 aromatic heterocycles. The number of hydrogen-bond donors (Lipinski definition) is 2. The minimum absolute atomic E-state index is 0.589. The van der Waals surface area contributed by atoms with Gasteiger partial charge < -0.3 is 11.1 Å². The first-order chi connectivity index (χ1) is 8.69. The molecule has 0 atom stereocenters. The second-order valence-electron chi connectivity index (χ2n) is 4.34. The topological polar surface area (TPSA) is 38.0 Å². The second kappa shape index (κ2) is 6.03. The molecule has 2 rings (SSSR count). The standard InChI is InChI=1S/C15H17BrN2/c1-11-7-14(5-6-15(11)16)18-10-13-4-2-3-12(8-13)9-17/h2-8,18H,9-10,17H2,1H3. The Morgan fingerprint density at radius 3 is 2.61 bits per heavy atom. The van der Waals surface area contributed by atoms with E-state index in [-0.39, 0.29) is 0 Å². The average Bonchev–Trinajstić information content (AvgIpc) is 2.40. The Bertz CT molecular complexity index is 538. The van der Waals surface area contributed by atoms with Crippen LogP contribution < -0.4 is 11.1 Å². The molecule has 0 bridgehead atoms. The maximum absolute atomic E-state index is 5.64. The van der Waals surface area contributed by atoms with Gasteiger partial charge in [-0.05, 0) is 41.8 Å². The van der Waals surface area contributed by atoms with Gasteiger partial charge in [-0.3, -0.25) is 0 Å². The quantitative estimate of drug-likeness (QED) is 0.901. The molecule has 2 nitrogen and oxygen atoms in total. The third-order valence-corrected chi connectivity index (χ3v) is 3.77. The molecule has 0 aliphatic rings. The fourth-order valence-corrected chi connectivity index (χ4v) is 2.07. The normalized spacial score (nSPS) is 10.4. The molecular formula is C15H17BrN2. The van der Waals surface area contributed by atoms with Crippen LogP contribution in [0, 0.1) is 6.92 Å². The highest BCUT2D eigenvalue weighted by Gasteiger charge is 1.98. The van der Waals surface area contributed by atoms with E-state index >= 15 is 0 Å².